The molecule has 108 valence electrons. The Morgan fingerprint density at radius 1 is 1.33 bits per heavy atom. The van der Waals surface area contributed by atoms with Crippen molar-refractivity contribution in [2.75, 3.05) is 19.6 Å². The van der Waals surface area contributed by atoms with E-state index in [2.05, 4.69) is 4.72 Å². The Bertz CT molecular complexity index is 363. The molecular formula is C11H24ClN3O2S. The summed E-state index contributed by atoms with van der Waals surface area (Å²) in [4.78, 5) is 0. The Hall–Kier alpha value is 0.120. The van der Waals surface area contributed by atoms with Crippen molar-refractivity contribution in [1.82, 2.24) is 9.03 Å². The molecule has 2 aliphatic rings. The molecule has 0 aromatic heterocycles. The van der Waals surface area contributed by atoms with E-state index < -0.39 is 10.2 Å². The average molecular weight is 298 g/mol. The Labute approximate surface area is 116 Å². The molecule has 1 aliphatic carbocycles. The lowest BCUT2D eigenvalue weighted by molar-refractivity contribution is 0.260. The van der Waals surface area contributed by atoms with Gasteiger partial charge >= 0.3 is 0 Å². The first-order chi connectivity index (χ1) is 8.04. The second-order valence-corrected chi connectivity index (χ2v) is 6.99. The topological polar surface area (TPSA) is 75.4 Å². The second kappa shape index (κ2) is 6.52. The van der Waals surface area contributed by atoms with Crippen LogP contribution in [-0.4, -0.2) is 38.4 Å². The van der Waals surface area contributed by atoms with Crippen molar-refractivity contribution in [3.05, 3.63) is 0 Å². The minimum atomic E-state index is -3.28. The quantitative estimate of drug-likeness (QED) is 0.802. The summed E-state index contributed by atoms with van der Waals surface area (Å²) in [6, 6.07) is 0.181. The van der Waals surface area contributed by atoms with Crippen LogP contribution in [0.25, 0.3) is 0 Å². The molecule has 0 radical (unpaired) electrons. The first-order valence-corrected chi connectivity index (χ1v) is 7.99. The van der Waals surface area contributed by atoms with Gasteiger partial charge in [0.1, 0.15) is 0 Å². The highest BCUT2D eigenvalue weighted by molar-refractivity contribution is 7.87. The molecule has 18 heavy (non-hydrogen) atoms. The lowest BCUT2D eigenvalue weighted by atomic mass is 9.78. The van der Waals surface area contributed by atoms with E-state index in [0.717, 1.165) is 25.7 Å². The van der Waals surface area contributed by atoms with E-state index in [1.165, 1.54) is 0 Å². The molecule has 2 rings (SSSR count). The van der Waals surface area contributed by atoms with Crippen LogP contribution in [0.4, 0.5) is 0 Å². The average Bonchev–Trinajstić information content (AvgIpc) is 2.72. The molecule has 1 saturated carbocycles. The SMILES string of the molecule is CCCNS(=O)(=O)N1CC2CCCC(N)C2C1.Cl. The minimum Gasteiger partial charge on any atom is -0.327 e. The van der Waals surface area contributed by atoms with Gasteiger partial charge in [-0.2, -0.15) is 12.7 Å². The van der Waals surface area contributed by atoms with Crippen LogP contribution < -0.4 is 10.5 Å². The Morgan fingerprint density at radius 2 is 2.06 bits per heavy atom. The van der Waals surface area contributed by atoms with Gasteiger partial charge in [0.25, 0.3) is 10.2 Å². The third kappa shape index (κ3) is 3.36. The summed E-state index contributed by atoms with van der Waals surface area (Å²) in [7, 11) is -3.28. The molecule has 0 spiro atoms. The molecule has 5 nitrogen and oxygen atoms in total. The predicted molar refractivity (Wildman–Crippen MR) is 74.8 cm³/mol. The van der Waals surface area contributed by atoms with E-state index in [4.69, 9.17) is 5.73 Å². The van der Waals surface area contributed by atoms with Crippen molar-refractivity contribution in [2.45, 2.75) is 38.6 Å². The van der Waals surface area contributed by atoms with E-state index in [0.29, 0.717) is 31.5 Å². The van der Waals surface area contributed by atoms with E-state index >= 15 is 0 Å². The molecule has 3 N–H and O–H groups in total. The molecule has 0 aromatic rings. The number of rotatable bonds is 4. The van der Waals surface area contributed by atoms with Crippen LogP contribution in [0.5, 0.6) is 0 Å². The first-order valence-electron chi connectivity index (χ1n) is 6.55. The summed E-state index contributed by atoms with van der Waals surface area (Å²) in [6.45, 7) is 3.73. The predicted octanol–water partition coefficient (Wildman–Crippen LogP) is 0.712. The Balaban J connectivity index is 0.00000162. The van der Waals surface area contributed by atoms with Crippen LogP contribution in [0, 0.1) is 11.8 Å². The number of nitrogens with two attached hydrogens (primary N) is 1. The minimum absolute atomic E-state index is 0. The summed E-state index contributed by atoms with van der Waals surface area (Å²) in [5.41, 5.74) is 6.08. The molecular weight excluding hydrogens is 274 g/mol. The van der Waals surface area contributed by atoms with E-state index in [-0.39, 0.29) is 18.4 Å². The zero-order chi connectivity index (χ0) is 12.5. The number of hydrogen-bond donors (Lipinski definition) is 2. The maximum absolute atomic E-state index is 12.0. The molecule has 2 fully saturated rings. The van der Waals surface area contributed by atoms with Crippen molar-refractivity contribution >= 4 is 22.6 Å². The van der Waals surface area contributed by atoms with E-state index in [9.17, 15) is 8.42 Å². The molecule has 1 heterocycles. The number of hydrogen-bond acceptors (Lipinski definition) is 3. The van der Waals surface area contributed by atoms with Gasteiger partial charge in [0.2, 0.25) is 0 Å². The fraction of sp³-hybridized carbons (Fsp3) is 1.00. The highest BCUT2D eigenvalue weighted by atomic mass is 35.5. The Kier molecular flexibility index (Phi) is 5.86. The number of nitrogens with zero attached hydrogens (tertiary/aromatic N) is 1. The molecule has 0 aromatic carbocycles. The number of halogens is 1. The van der Waals surface area contributed by atoms with Gasteiger partial charge in [-0.25, -0.2) is 4.72 Å². The van der Waals surface area contributed by atoms with Crippen molar-refractivity contribution in [3.63, 3.8) is 0 Å². The van der Waals surface area contributed by atoms with Gasteiger partial charge in [-0.15, -0.1) is 12.4 Å². The molecule has 1 aliphatic heterocycles. The smallest absolute Gasteiger partial charge is 0.279 e. The van der Waals surface area contributed by atoms with Gasteiger partial charge in [0.05, 0.1) is 0 Å². The standard InChI is InChI=1S/C11H23N3O2S.ClH/c1-2-6-13-17(15,16)14-7-9-4-3-5-11(12)10(9)8-14;/h9-11,13H,2-8,12H2,1H3;1H. The summed E-state index contributed by atoms with van der Waals surface area (Å²) in [6.07, 6.45) is 4.12. The number of fused-ring (bicyclic) bond motifs is 1. The highest BCUT2D eigenvalue weighted by Gasteiger charge is 2.42. The van der Waals surface area contributed by atoms with Crippen molar-refractivity contribution < 1.29 is 8.42 Å². The maximum atomic E-state index is 12.0. The fourth-order valence-electron chi connectivity index (χ4n) is 2.99. The summed E-state index contributed by atoms with van der Waals surface area (Å²) in [5.74, 6) is 0.832. The van der Waals surface area contributed by atoms with Gasteiger partial charge in [0, 0.05) is 25.7 Å². The van der Waals surface area contributed by atoms with Crippen molar-refractivity contribution in [3.8, 4) is 0 Å². The first kappa shape index (κ1) is 16.2. The summed E-state index contributed by atoms with van der Waals surface area (Å²) in [5, 5.41) is 0. The fourth-order valence-corrected chi connectivity index (χ4v) is 4.40. The van der Waals surface area contributed by atoms with E-state index in [1.807, 2.05) is 6.92 Å². The van der Waals surface area contributed by atoms with Gasteiger partial charge < -0.3 is 5.73 Å². The van der Waals surface area contributed by atoms with E-state index in [1.54, 1.807) is 4.31 Å². The zero-order valence-electron chi connectivity index (χ0n) is 10.8. The summed E-state index contributed by atoms with van der Waals surface area (Å²) >= 11 is 0. The van der Waals surface area contributed by atoms with Crippen LogP contribution >= 0.6 is 12.4 Å². The van der Waals surface area contributed by atoms with Crippen LogP contribution in [0.2, 0.25) is 0 Å². The van der Waals surface area contributed by atoms with Gasteiger partial charge in [-0.1, -0.05) is 13.3 Å². The normalized spacial score (nSPS) is 32.9. The largest absolute Gasteiger partial charge is 0.327 e. The molecule has 3 atom stereocenters. The molecule has 0 amide bonds. The maximum Gasteiger partial charge on any atom is 0.279 e. The molecule has 3 unspecified atom stereocenters. The van der Waals surface area contributed by atoms with Crippen molar-refractivity contribution in [1.29, 1.82) is 0 Å². The van der Waals surface area contributed by atoms with Crippen LogP contribution in [-0.2, 0) is 10.2 Å². The lowest BCUT2D eigenvalue weighted by Gasteiger charge is -2.29. The monoisotopic (exact) mass is 297 g/mol. The van der Waals surface area contributed by atoms with Gasteiger partial charge in [-0.05, 0) is 31.1 Å². The van der Waals surface area contributed by atoms with Gasteiger partial charge in [0.15, 0.2) is 0 Å². The molecule has 1 saturated heterocycles. The molecule has 0 bridgehead atoms. The van der Waals surface area contributed by atoms with Gasteiger partial charge in [-0.3, -0.25) is 0 Å². The number of nitrogens with one attached hydrogen (secondary N) is 1. The van der Waals surface area contributed by atoms with Crippen LogP contribution in [0.3, 0.4) is 0 Å². The summed E-state index contributed by atoms with van der Waals surface area (Å²) < 4.78 is 28.3. The third-order valence-corrected chi connectivity index (χ3v) is 5.54. The highest BCUT2D eigenvalue weighted by Crippen LogP contribution is 2.36. The molecule has 7 heteroatoms. The van der Waals surface area contributed by atoms with Crippen LogP contribution in [0.15, 0.2) is 0 Å². The Morgan fingerprint density at radius 3 is 2.67 bits per heavy atom. The van der Waals surface area contributed by atoms with Crippen LogP contribution in [0.1, 0.15) is 32.6 Å². The lowest BCUT2D eigenvalue weighted by Crippen LogP contribution is -2.41. The third-order valence-electron chi connectivity index (χ3n) is 3.99. The second-order valence-electron chi connectivity index (χ2n) is 5.24. The zero-order valence-corrected chi connectivity index (χ0v) is 12.5. The van der Waals surface area contributed by atoms with Crippen molar-refractivity contribution in [2.24, 2.45) is 17.6 Å².